The Labute approximate surface area is 121 Å². The second-order valence-electron chi connectivity index (χ2n) is 5.29. The number of hydrogen-bond acceptors (Lipinski definition) is 5. The second-order valence-corrected chi connectivity index (χ2v) is 5.29. The van der Waals surface area contributed by atoms with Gasteiger partial charge in [0.2, 0.25) is 0 Å². The molecule has 118 valence electrons. The quantitative estimate of drug-likeness (QED) is 0.843. The lowest BCUT2D eigenvalue weighted by Crippen LogP contribution is -2.37. The van der Waals surface area contributed by atoms with Crippen LogP contribution in [0, 0.1) is 0 Å². The van der Waals surface area contributed by atoms with Gasteiger partial charge >= 0.3 is 5.97 Å². The summed E-state index contributed by atoms with van der Waals surface area (Å²) in [5.41, 5.74) is -2.14. The zero-order valence-electron chi connectivity index (χ0n) is 11.9. The van der Waals surface area contributed by atoms with Crippen LogP contribution in [0.25, 0.3) is 0 Å². The zero-order chi connectivity index (χ0) is 15.5. The Hall–Kier alpha value is -1.57. The van der Waals surface area contributed by atoms with Crippen molar-refractivity contribution in [2.45, 2.75) is 57.6 Å². The second kappa shape index (κ2) is 6.46. The average Bonchev–Trinajstić information content (AvgIpc) is 2.83. The number of aliphatic hydroxyl groups is 1. The van der Waals surface area contributed by atoms with Gasteiger partial charge in [-0.25, -0.2) is 18.3 Å². The number of nitrogens with zero attached hydrogens (tertiary/aromatic N) is 3. The van der Waals surface area contributed by atoms with E-state index < -0.39 is 29.4 Å². The van der Waals surface area contributed by atoms with Gasteiger partial charge in [0.15, 0.2) is 5.69 Å². The van der Waals surface area contributed by atoms with Crippen molar-refractivity contribution in [3.8, 4) is 0 Å². The summed E-state index contributed by atoms with van der Waals surface area (Å²) in [4.78, 5) is 11.6. The van der Waals surface area contributed by atoms with Crippen LogP contribution in [0.1, 0.15) is 61.6 Å². The summed E-state index contributed by atoms with van der Waals surface area (Å²) < 4.78 is 32.1. The van der Waals surface area contributed by atoms with Gasteiger partial charge in [0.05, 0.1) is 18.8 Å². The highest BCUT2D eigenvalue weighted by atomic mass is 19.3. The molecule has 1 aromatic heterocycles. The van der Waals surface area contributed by atoms with Gasteiger partial charge in [-0.05, 0) is 19.8 Å². The van der Waals surface area contributed by atoms with E-state index in [1.807, 2.05) is 0 Å². The third-order valence-electron chi connectivity index (χ3n) is 3.68. The molecule has 0 radical (unpaired) electrons. The predicted molar refractivity (Wildman–Crippen MR) is 69.0 cm³/mol. The van der Waals surface area contributed by atoms with Crippen LogP contribution in [0.15, 0.2) is 0 Å². The Morgan fingerprint density at radius 2 is 2.10 bits per heavy atom. The third kappa shape index (κ3) is 3.55. The van der Waals surface area contributed by atoms with Gasteiger partial charge in [-0.15, -0.1) is 5.10 Å². The van der Waals surface area contributed by atoms with Gasteiger partial charge in [-0.1, -0.05) is 24.5 Å². The maximum Gasteiger partial charge on any atom is 0.361 e. The molecule has 1 fully saturated rings. The van der Waals surface area contributed by atoms with Crippen molar-refractivity contribution in [2.24, 2.45) is 0 Å². The van der Waals surface area contributed by atoms with Crippen molar-refractivity contribution in [3.05, 3.63) is 11.4 Å². The Morgan fingerprint density at radius 3 is 2.67 bits per heavy atom. The van der Waals surface area contributed by atoms with Crippen LogP contribution in [-0.4, -0.2) is 38.3 Å². The number of hydrogen-bond donors (Lipinski definition) is 1. The van der Waals surface area contributed by atoms with Crippen LogP contribution in [0.5, 0.6) is 0 Å². The molecule has 0 bridgehead atoms. The summed E-state index contributed by atoms with van der Waals surface area (Å²) >= 11 is 0. The largest absolute Gasteiger partial charge is 0.461 e. The molecule has 0 saturated heterocycles. The smallest absolute Gasteiger partial charge is 0.361 e. The van der Waals surface area contributed by atoms with E-state index in [0.29, 0.717) is 12.8 Å². The van der Waals surface area contributed by atoms with Crippen LogP contribution in [0.2, 0.25) is 0 Å². The molecule has 0 spiro atoms. The molecule has 1 aliphatic rings. The number of alkyl halides is 2. The van der Waals surface area contributed by atoms with Gasteiger partial charge in [0.1, 0.15) is 5.69 Å². The van der Waals surface area contributed by atoms with Crippen molar-refractivity contribution in [1.82, 2.24) is 15.0 Å². The molecule has 8 heteroatoms. The van der Waals surface area contributed by atoms with Crippen LogP contribution >= 0.6 is 0 Å². The number of carbonyl (C=O) groups excluding carboxylic acids is 1. The highest BCUT2D eigenvalue weighted by Gasteiger charge is 2.34. The molecule has 0 aromatic carbocycles. The topological polar surface area (TPSA) is 77.2 Å². The number of esters is 1. The van der Waals surface area contributed by atoms with Gasteiger partial charge in [0.25, 0.3) is 6.43 Å². The lowest BCUT2D eigenvalue weighted by molar-refractivity contribution is -0.0175. The molecule has 0 amide bonds. The van der Waals surface area contributed by atoms with E-state index in [9.17, 15) is 18.7 Å². The molecule has 1 N–H and O–H groups in total. The first-order valence-electron chi connectivity index (χ1n) is 7.08. The highest BCUT2D eigenvalue weighted by molar-refractivity contribution is 5.88. The maximum atomic E-state index is 13.2. The monoisotopic (exact) mass is 303 g/mol. The standard InChI is InChI=1S/C13H19F2N3O3/c1-2-21-12(19)9-10(11(14)15)18(17-16-9)8-13(20)6-4-3-5-7-13/h11,20H,2-8H2,1H3. The summed E-state index contributed by atoms with van der Waals surface area (Å²) in [5.74, 6) is -0.922. The maximum absolute atomic E-state index is 13.2. The summed E-state index contributed by atoms with van der Waals surface area (Å²) in [6.45, 7) is 1.56. The fourth-order valence-electron chi connectivity index (χ4n) is 2.64. The molecular formula is C13H19F2N3O3. The van der Waals surface area contributed by atoms with E-state index in [0.717, 1.165) is 23.9 Å². The van der Waals surface area contributed by atoms with Crippen molar-refractivity contribution in [2.75, 3.05) is 6.61 Å². The van der Waals surface area contributed by atoms with Crippen LogP contribution in [0.4, 0.5) is 8.78 Å². The molecule has 21 heavy (non-hydrogen) atoms. The molecule has 0 unspecified atom stereocenters. The van der Waals surface area contributed by atoms with Crippen molar-refractivity contribution in [1.29, 1.82) is 0 Å². The Kier molecular flexibility index (Phi) is 4.87. The highest BCUT2D eigenvalue weighted by Crippen LogP contribution is 2.31. The van der Waals surface area contributed by atoms with E-state index in [1.54, 1.807) is 6.92 Å². The Bertz CT molecular complexity index is 499. The first-order chi connectivity index (χ1) is 9.97. The molecule has 0 aliphatic heterocycles. The number of aromatic nitrogens is 3. The van der Waals surface area contributed by atoms with E-state index in [-0.39, 0.29) is 13.2 Å². The molecular weight excluding hydrogens is 284 g/mol. The lowest BCUT2D eigenvalue weighted by Gasteiger charge is -2.32. The SMILES string of the molecule is CCOC(=O)c1nnn(CC2(O)CCCCC2)c1C(F)F. The molecule has 1 heterocycles. The normalized spacial score (nSPS) is 18.0. The average molecular weight is 303 g/mol. The minimum absolute atomic E-state index is 0.0678. The van der Waals surface area contributed by atoms with Crippen molar-refractivity contribution < 1.29 is 23.4 Å². The number of rotatable bonds is 5. The summed E-state index contributed by atoms with van der Waals surface area (Å²) in [7, 11) is 0. The summed E-state index contributed by atoms with van der Waals surface area (Å²) in [6.07, 6.45) is 0.871. The number of halogens is 2. The van der Waals surface area contributed by atoms with Crippen LogP contribution in [0.3, 0.4) is 0 Å². The number of carbonyl (C=O) groups is 1. The number of ether oxygens (including phenoxy) is 1. The van der Waals surface area contributed by atoms with Crippen molar-refractivity contribution in [3.63, 3.8) is 0 Å². The third-order valence-corrected chi connectivity index (χ3v) is 3.68. The lowest BCUT2D eigenvalue weighted by atomic mass is 9.85. The van der Waals surface area contributed by atoms with E-state index in [1.165, 1.54) is 0 Å². The molecule has 2 rings (SSSR count). The predicted octanol–water partition coefficient (Wildman–Crippen LogP) is 2.09. The Morgan fingerprint density at radius 1 is 1.43 bits per heavy atom. The van der Waals surface area contributed by atoms with E-state index >= 15 is 0 Å². The first kappa shape index (κ1) is 15.8. The fourth-order valence-corrected chi connectivity index (χ4v) is 2.64. The van der Waals surface area contributed by atoms with E-state index in [4.69, 9.17) is 4.74 Å². The van der Waals surface area contributed by atoms with Gasteiger partial charge in [-0.2, -0.15) is 0 Å². The zero-order valence-corrected chi connectivity index (χ0v) is 11.9. The van der Waals surface area contributed by atoms with Gasteiger partial charge in [-0.3, -0.25) is 0 Å². The summed E-state index contributed by atoms with van der Waals surface area (Å²) in [6, 6.07) is 0. The molecule has 6 nitrogen and oxygen atoms in total. The van der Waals surface area contributed by atoms with E-state index in [2.05, 4.69) is 10.3 Å². The van der Waals surface area contributed by atoms with Gasteiger partial charge in [0, 0.05) is 0 Å². The minimum Gasteiger partial charge on any atom is -0.461 e. The van der Waals surface area contributed by atoms with Gasteiger partial charge < -0.3 is 9.84 Å². The molecule has 1 aliphatic carbocycles. The minimum atomic E-state index is -2.91. The molecule has 1 aromatic rings. The Balaban J connectivity index is 2.25. The molecule has 0 atom stereocenters. The summed E-state index contributed by atoms with van der Waals surface area (Å²) in [5, 5.41) is 17.5. The van der Waals surface area contributed by atoms with Crippen LogP contribution < -0.4 is 0 Å². The van der Waals surface area contributed by atoms with Crippen molar-refractivity contribution >= 4 is 5.97 Å². The fraction of sp³-hybridized carbons (Fsp3) is 0.769. The molecule has 1 saturated carbocycles. The van der Waals surface area contributed by atoms with Crippen LogP contribution in [-0.2, 0) is 11.3 Å². The first-order valence-corrected chi connectivity index (χ1v) is 7.08.